The third-order valence-electron chi connectivity index (χ3n) is 6.39. The van der Waals surface area contributed by atoms with Gasteiger partial charge in [0.2, 0.25) is 0 Å². The average Bonchev–Trinajstić information content (AvgIpc) is 3.22. The fourth-order valence-corrected chi connectivity index (χ4v) is 5.80. The fourth-order valence-electron chi connectivity index (χ4n) is 4.34. The molecule has 0 spiro atoms. The summed E-state index contributed by atoms with van der Waals surface area (Å²) >= 11 is 2.92. The Balaban J connectivity index is 1.80. The van der Waals surface area contributed by atoms with Gasteiger partial charge in [-0.3, -0.25) is 9.36 Å². The van der Waals surface area contributed by atoms with Gasteiger partial charge >= 0.3 is 5.97 Å². The predicted octanol–water partition coefficient (Wildman–Crippen LogP) is 4.95. The smallest absolute Gasteiger partial charge is 0.338 e. The molecule has 1 aromatic heterocycles. The van der Waals surface area contributed by atoms with Crippen LogP contribution in [0.3, 0.4) is 0 Å². The Bertz CT molecular complexity index is 1550. The molecule has 1 aliphatic rings. The zero-order valence-electron chi connectivity index (χ0n) is 23.1. The zero-order chi connectivity index (χ0) is 28.1. The lowest BCUT2D eigenvalue weighted by atomic mass is 9.96. The van der Waals surface area contributed by atoms with E-state index in [1.54, 1.807) is 37.3 Å². The monoisotopic (exact) mass is 566 g/mol. The SMILES string of the molecule is CCOC(=O)C1=C(C)N=c2sc(=Cc3ccc(OCCC(C)C)c(OC)c3)c(=O)n2C1c1ccc(SC)cc1. The molecule has 9 heteroatoms. The minimum atomic E-state index is -0.635. The van der Waals surface area contributed by atoms with Gasteiger partial charge in [0, 0.05) is 4.90 Å². The lowest BCUT2D eigenvalue weighted by molar-refractivity contribution is -0.139. The van der Waals surface area contributed by atoms with E-state index in [9.17, 15) is 9.59 Å². The Kier molecular flexibility index (Phi) is 9.35. The van der Waals surface area contributed by atoms with Crippen molar-refractivity contribution in [1.29, 1.82) is 0 Å². The van der Waals surface area contributed by atoms with Crippen LogP contribution in [-0.2, 0) is 9.53 Å². The first-order chi connectivity index (χ1) is 18.8. The number of thiazole rings is 1. The van der Waals surface area contributed by atoms with E-state index in [1.165, 1.54) is 11.3 Å². The topological polar surface area (TPSA) is 79.1 Å². The first-order valence-corrected chi connectivity index (χ1v) is 15.0. The molecule has 0 bridgehead atoms. The first-order valence-electron chi connectivity index (χ1n) is 12.9. The van der Waals surface area contributed by atoms with E-state index >= 15 is 0 Å². The number of nitrogens with zero attached hydrogens (tertiary/aromatic N) is 2. The molecule has 0 aliphatic carbocycles. The Hall–Kier alpha value is -3.30. The number of allylic oxidation sites excluding steroid dienone is 1. The molecule has 3 aromatic rings. The van der Waals surface area contributed by atoms with Crippen LogP contribution in [0, 0.1) is 5.92 Å². The van der Waals surface area contributed by atoms with Gasteiger partial charge in [-0.1, -0.05) is 43.4 Å². The highest BCUT2D eigenvalue weighted by molar-refractivity contribution is 7.98. The molecule has 2 heterocycles. The number of benzene rings is 2. The molecule has 0 saturated carbocycles. The molecular formula is C30H34N2O5S2. The van der Waals surface area contributed by atoms with Crippen LogP contribution in [0.4, 0.5) is 0 Å². The van der Waals surface area contributed by atoms with Crippen LogP contribution >= 0.6 is 23.1 Å². The van der Waals surface area contributed by atoms with Gasteiger partial charge < -0.3 is 14.2 Å². The normalized spacial score (nSPS) is 15.3. The molecule has 0 saturated heterocycles. The van der Waals surface area contributed by atoms with E-state index in [0.717, 1.165) is 22.4 Å². The summed E-state index contributed by atoms with van der Waals surface area (Å²) in [4.78, 5) is 33.2. The van der Waals surface area contributed by atoms with E-state index in [2.05, 4.69) is 18.8 Å². The quantitative estimate of drug-likeness (QED) is 0.255. The van der Waals surface area contributed by atoms with Crippen molar-refractivity contribution >= 4 is 35.1 Å². The molecule has 1 aliphatic heterocycles. The number of thioether (sulfide) groups is 1. The van der Waals surface area contributed by atoms with Crippen molar-refractivity contribution in [3.8, 4) is 11.5 Å². The van der Waals surface area contributed by atoms with Crippen LogP contribution in [-0.4, -0.2) is 37.1 Å². The van der Waals surface area contributed by atoms with Gasteiger partial charge in [-0.15, -0.1) is 11.8 Å². The second kappa shape index (κ2) is 12.7. The number of carbonyl (C=O) groups excluding carboxylic acids is 1. The van der Waals surface area contributed by atoms with Gasteiger partial charge in [0.1, 0.15) is 0 Å². The Morgan fingerprint density at radius 2 is 1.92 bits per heavy atom. The molecule has 1 unspecified atom stereocenters. The predicted molar refractivity (Wildman–Crippen MR) is 157 cm³/mol. The second-order valence-corrected chi connectivity index (χ2v) is 11.4. The molecule has 0 fully saturated rings. The number of hydrogen-bond donors (Lipinski definition) is 0. The van der Waals surface area contributed by atoms with E-state index in [1.807, 2.05) is 54.8 Å². The van der Waals surface area contributed by atoms with Crippen LogP contribution in [0.15, 0.2) is 68.4 Å². The molecule has 1 atom stereocenters. The van der Waals surface area contributed by atoms with Gasteiger partial charge in [-0.25, -0.2) is 9.79 Å². The largest absolute Gasteiger partial charge is 0.493 e. The minimum Gasteiger partial charge on any atom is -0.493 e. The molecule has 7 nitrogen and oxygen atoms in total. The molecule has 4 rings (SSSR count). The Morgan fingerprint density at radius 3 is 2.56 bits per heavy atom. The summed E-state index contributed by atoms with van der Waals surface area (Å²) in [6, 6.07) is 12.9. The number of hydrogen-bond acceptors (Lipinski definition) is 8. The van der Waals surface area contributed by atoms with Gasteiger partial charge in [0.05, 0.1) is 42.2 Å². The number of esters is 1. The van der Waals surface area contributed by atoms with Crippen molar-refractivity contribution in [1.82, 2.24) is 4.57 Å². The maximum absolute atomic E-state index is 13.8. The van der Waals surface area contributed by atoms with Crippen LogP contribution < -0.4 is 24.4 Å². The fraction of sp³-hybridized carbons (Fsp3) is 0.367. The second-order valence-electron chi connectivity index (χ2n) is 9.52. The number of rotatable bonds is 10. The highest BCUT2D eigenvalue weighted by atomic mass is 32.2. The standard InChI is InChI=1S/C30H34N2O5S2/c1-7-36-29(34)26-19(4)31-30-32(27(26)21-9-11-22(38-6)12-10-21)28(33)25(39-30)17-20-8-13-23(24(16-20)35-5)37-15-14-18(2)3/h8-13,16-18,27H,7,14-15H2,1-6H3. The van der Waals surface area contributed by atoms with Crippen molar-refractivity contribution < 1.29 is 19.0 Å². The Labute approximate surface area is 236 Å². The number of ether oxygens (including phenoxy) is 3. The first kappa shape index (κ1) is 28.7. The zero-order valence-corrected chi connectivity index (χ0v) is 24.8. The summed E-state index contributed by atoms with van der Waals surface area (Å²) in [6.07, 6.45) is 4.77. The Morgan fingerprint density at radius 1 is 1.18 bits per heavy atom. The summed E-state index contributed by atoms with van der Waals surface area (Å²) in [7, 11) is 1.60. The summed E-state index contributed by atoms with van der Waals surface area (Å²) in [5, 5.41) is 0. The number of aromatic nitrogens is 1. The van der Waals surface area contributed by atoms with E-state index in [0.29, 0.717) is 44.6 Å². The van der Waals surface area contributed by atoms with Gasteiger partial charge in [-0.2, -0.15) is 0 Å². The number of carbonyl (C=O) groups is 1. The van der Waals surface area contributed by atoms with Crippen molar-refractivity contribution in [3.63, 3.8) is 0 Å². The maximum Gasteiger partial charge on any atom is 0.338 e. The average molecular weight is 567 g/mol. The lowest BCUT2D eigenvalue weighted by Crippen LogP contribution is -2.39. The van der Waals surface area contributed by atoms with Crippen LogP contribution in [0.2, 0.25) is 0 Å². The molecule has 39 heavy (non-hydrogen) atoms. The minimum absolute atomic E-state index is 0.219. The number of methoxy groups -OCH3 is 1. The van der Waals surface area contributed by atoms with Crippen LogP contribution in [0.25, 0.3) is 6.08 Å². The molecular weight excluding hydrogens is 532 g/mol. The highest BCUT2D eigenvalue weighted by Crippen LogP contribution is 2.32. The third-order valence-corrected chi connectivity index (χ3v) is 8.11. The molecule has 0 N–H and O–H groups in total. The van der Waals surface area contributed by atoms with Gasteiger partial charge in [0.15, 0.2) is 16.3 Å². The molecule has 2 aromatic carbocycles. The summed E-state index contributed by atoms with van der Waals surface area (Å²) < 4.78 is 19.0. The van der Waals surface area contributed by atoms with E-state index < -0.39 is 12.0 Å². The molecule has 0 amide bonds. The van der Waals surface area contributed by atoms with Crippen LogP contribution in [0.1, 0.15) is 51.3 Å². The van der Waals surface area contributed by atoms with Crippen molar-refractivity contribution in [2.24, 2.45) is 10.9 Å². The summed E-state index contributed by atoms with van der Waals surface area (Å²) in [5.74, 6) is 1.35. The van der Waals surface area contributed by atoms with Gasteiger partial charge in [0.25, 0.3) is 5.56 Å². The maximum atomic E-state index is 13.8. The van der Waals surface area contributed by atoms with Crippen LogP contribution in [0.5, 0.6) is 11.5 Å². The third kappa shape index (κ3) is 6.31. The van der Waals surface area contributed by atoms with Crippen molar-refractivity contribution in [2.45, 2.75) is 45.1 Å². The highest BCUT2D eigenvalue weighted by Gasteiger charge is 2.33. The molecule has 0 radical (unpaired) electrons. The number of fused-ring (bicyclic) bond motifs is 1. The molecule has 206 valence electrons. The lowest BCUT2D eigenvalue weighted by Gasteiger charge is -2.24. The van der Waals surface area contributed by atoms with E-state index in [4.69, 9.17) is 14.2 Å². The summed E-state index contributed by atoms with van der Waals surface area (Å²) in [6.45, 7) is 8.69. The van der Waals surface area contributed by atoms with Crippen molar-refractivity contribution in [2.75, 3.05) is 26.6 Å². The van der Waals surface area contributed by atoms with Gasteiger partial charge in [-0.05, 0) is 73.9 Å². The van der Waals surface area contributed by atoms with E-state index in [-0.39, 0.29) is 12.2 Å². The summed E-state index contributed by atoms with van der Waals surface area (Å²) in [5.41, 5.74) is 2.32. The van der Waals surface area contributed by atoms with Crippen molar-refractivity contribution in [3.05, 3.63) is 84.5 Å².